The lowest BCUT2D eigenvalue weighted by atomic mass is 10.3. The smallest absolute Gasteiger partial charge is 0.0639 e. The van der Waals surface area contributed by atoms with Gasteiger partial charge in [0.1, 0.15) is 0 Å². The van der Waals surface area contributed by atoms with Gasteiger partial charge in [-0.1, -0.05) is 0 Å². The summed E-state index contributed by atoms with van der Waals surface area (Å²) in [6.45, 7) is 9.71. The number of nitrogens with two attached hydrogens (primary N) is 1. The van der Waals surface area contributed by atoms with Crippen molar-refractivity contribution in [3.63, 3.8) is 0 Å². The highest BCUT2D eigenvalue weighted by molar-refractivity contribution is 4.66. The summed E-state index contributed by atoms with van der Waals surface area (Å²) in [7, 11) is 0. The number of aliphatic hydroxyl groups excluding tert-OH is 2. The molecule has 6 N–H and O–H groups in total. The van der Waals surface area contributed by atoms with Crippen LogP contribution in [-0.4, -0.2) is 79.7 Å². The Morgan fingerprint density at radius 3 is 1.89 bits per heavy atom. The molecule has 0 fully saturated rings. The maximum Gasteiger partial charge on any atom is 0.0639 e. The standard InChI is InChI=1S/C12H30N4O2/c1-11(17)9-16(10-12(2)18)8-7-15-6-5-14-4-3-13/h11-12,14-15,17-18H,3-10,13H2,1-2H3. The van der Waals surface area contributed by atoms with E-state index in [1.165, 1.54) is 0 Å². The van der Waals surface area contributed by atoms with Crippen molar-refractivity contribution in [2.45, 2.75) is 26.1 Å². The lowest BCUT2D eigenvalue weighted by molar-refractivity contribution is 0.0842. The Kier molecular flexibility index (Phi) is 11.7. The van der Waals surface area contributed by atoms with Crippen LogP contribution in [0, 0.1) is 0 Å². The minimum atomic E-state index is -0.366. The zero-order valence-corrected chi connectivity index (χ0v) is 11.7. The molecular weight excluding hydrogens is 232 g/mol. The first-order chi connectivity index (χ1) is 8.56. The lowest BCUT2D eigenvalue weighted by Gasteiger charge is -2.25. The summed E-state index contributed by atoms with van der Waals surface area (Å²) in [6.07, 6.45) is -0.732. The van der Waals surface area contributed by atoms with Gasteiger partial charge >= 0.3 is 0 Å². The molecular formula is C12H30N4O2. The van der Waals surface area contributed by atoms with E-state index >= 15 is 0 Å². The number of nitrogens with one attached hydrogen (secondary N) is 2. The van der Waals surface area contributed by atoms with Gasteiger partial charge in [-0.05, 0) is 13.8 Å². The molecule has 2 atom stereocenters. The van der Waals surface area contributed by atoms with Crippen LogP contribution in [0.4, 0.5) is 0 Å². The Morgan fingerprint density at radius 2 is 1.44 bits per heavy atom. The third-order valence-corrected chi connectivity index (χ3v) is 2.45. The number of hydrogen-bond acceptors (Lipinski definition) is 6. The van der Waals surface area contributed by atoms with Crippen molar-refractivity contribution in [3.05, 3.63) is 0 Å². The van der Waals surface area contributed by atoms with Crippen molar-refractivity contribution in [2.75, 3.05) is 52.4 Å². The first kappa shape index (κ1) is 17.8. The van der Waals surface area contributed by atoms with Crippen molar-refractivity contribution in [1.29, 1.82) is 0 Å². The average Bonchev–Trinajstić information content (AvgIpc) is 2.26. The monoisotopic (exact) mass is 262 g/mol. The Bertz CT molecular complexity index is 169. The molecule has 0 aliphatic heterocycles. The Labute approximate surface area is 111 Å². The number of rotatable bonds is 12. The highest BCUT2D eigenvalue weighted by Crippen LogP contribution is 1.94. The fourth-order valence-corrected chi connectivity index (χ4v) is 1.77. The molecule has 18 heavy (non-hydrogen) atoms. The van der Waals surface area contributed by atoms with Gasteiger partial charge in [-0.2, -0.15) is 0 Å². The van der Waals surface area contributed by atoms with E-state index in [4.69, 9.17) is 5.73 Å². The summed E-state index contributed by atoms with van der Waals surface area (Å²) in [4.78, 5) is 2.07. The molecule has 110 valence electrons. The predicted octanol–water partition coefficient (Wildman–Crippen LogP) is -1.81. The van der Waals surface area contributed by atoms with Gasteiger partial charge < -0.3 is 26.6 Å². The normalized spacial score (nSPS) is 15.0. The van der Waals surface area contributed by atoms with Crippen LogP contribution >= 0.6 is 0 Å². The molecule has 6 heteroatoms. The van der Waals surface area contributed by atoms with Gasteiger partial charge in [-0.25, -0.2) is 0 Å². The van der Waals surface area contributed by atoms with Gasteiger partial charge in [0.25, 0.3) is 0 Å². The molecule has 0 saturated heterocycles. The maximum atomic E-state index is 9.37. The maximum absolute atomic E-state index is 9.37. The molecule has 0 rings (SSSR count). The SMILES string of the molecule is CC(O)CN(CCNCCNCCN)CC(C)O. The summed E-state index contributed by atoms with van der Waals surface area (Å²) in [5, 5.41) is 25.3. The molecule has 0 bridgehead atoms. The van der Waals surface area contributed by atoms with Crippen LogP contribution in [0.15, 0.2) is 0 Å². The van der Waals surface area contributed by atoms with Crippen LogP contribution in [0.3, 0.4) is 0 Å². The third kappa shape index (κ3) is 12.2. The molecule has 0 amide bonds. The summed E-state index contributed by atoms with van der Waals surface area (Å²) < 4.78 is 0. The van der Waals surface area contributed by atoms with Crippen molar-refractivity contribution in [3.8, 4) is 0 Å². The van der Waals surface area contributed by atoms with E-state index in [9.17, 15) is 10.2 Å². The molecule has 0 spiro atoms. The first-order valence-electron chi connectivity index (χ1n) is 6.76. The van der Waals surface area contributed by atoms with Crippen molar-refractivity contribution in [2.24, 2.45) is 5.73 Å². The second-order valence-electron chi connectivity index (χ2n) is 4.75. The van der Waals surface area contributed by atoms with Crippen LogP contribution in [-0.2, 0) is 0 Å². The Hall–Kier alpha value is -0.240. The quantitative estimate of drug-likeness (QED) is 0.266. The number of nitrogens with zero attached hydrogens (tertiary/aromatic N) is 1. The van der Waals surface area contributed by atoms with Crippen LogP contribution in [0.5, 0.6) is 0 Å². The highest BCUT2D eigenvalue weighted by atomic mass is 16.3. The average molecular weight is 262 g/mol. The number of hydrogen-bond donors (Lipinski definition) is 5. The van der Waals surface area contributed by atoms with Gasteiger partial charge in [-0.15, -0.1) is 0 Å². The third-order valence-electron chi connectivity index (χ3n) is 2.45. The second kappa shape index (κ2) is 11.8. The van der Waals surface area contributed by atoms with E-state index in [1.807, 2.05) is 0 Å². The Morgan fingerprint density at radius 1 is 0.944 bits per heavy atom. The van der Waals surface area contributed by atoms with Crippen LogP contribution in [0.2, 0.25) is 0 Å². The fourth-order valence-electron chi connectivity index (χ4n) is 1.77. The van der Waals surface area contributed by atoms with E-state index in [0.29, 0.717) is 19.6 Å². The zero-order chi connectivity index (χ0) is 13.8. The molecule has 0 heterocycles. The lowest BCUT2D eigenvalue weighted by Crippen LogP contribution is -2.41. The van der Waals surface area contributed by atoms with E-state index in [1.54, 1.807) is 13.8 Å². The van der Waals surface area contributed by atoms with Crippen molar-refractivity contribution < 1.29 is 10.2 Å². The second-order valence-corrected chi connectivity index (χ2v) is 4.75. The molecule has 0 aliphatic rings. The predicted molar refractivity (Wildman–Crippen MR) is 74.6 cm³/mol. The van der Waals surface area contributed by atoms with Gasteiger partial charge in [0.05, 0.1) is 12.2 Å². The van der Waals surface area contributed by atoms with E-state index in [2.05, 4.69) is 15.5 Å². The molecule has 0 saturated carbocycles. The van der Waals surface area contributed by atoms with Crippen LogP contribution in [0.25, 0.3) is 0 Å². The number of aliphatic hydroxyl groups is 2. The molecule has 2 unspecified atom stereocenters. The molecule has 0 radical (unpaired) electrons. The zero-order valence-electron chi connectivity index (χ0n) is 11.7. The van der Waals surface area contributed by atoms with Gasteiger partial charge in [-0.3, -0.25) is 4.90 Å². The summed E-state index contributed by atoms with van der Waals surface area (Å²) in [5.41, 5.74) is 5.36. The molecule has 0 aliphatic carbocycles. The van der Waals surface area contributed by atoms with E-state index in [0.717, 1.165) is 32.7 Å². The van der Waals surface area contributed by atoms with E-state index < -0.39 is 0 Å². The minimum Gasteiger partial charge on any atom is -0.392 e. The highest BCUT2D eigenvalue weighted by Gasteiger charge is 2.10. The summed E-state index contributed by atoms with van der Waals surface area (Å²) in [6, 6.07) is 0. The topological polar surface area (TPSA) is 93.8 Å². The van der Waals surface area contributed by atoms with Crippen LogP contribution < -0.4 is 16.4 Å². The first-order valence-corrected chi connectivity index (χ1v) is 6.76. The van der Waals surface area contributed by atoms with Crippen LogP contribution in [0.1, 0.15) is 13.8 Å². The minimum absolute atomic E-state index is 0.366. The fraction of sp³-hybridized carbons (Fsp3) is 1.00. The van der Waals surface area contributed by atoms with Crippen molar-refractivity contribution >= 4 is 0 Å². The Balaban J connectivity index is 3.56. The van der Waals surface area contributed by atoms with Crippen molar-refractivity contribution in [1.82, 2.24) is 15.5 Å². The van der Waals surface area contributed by atoms with Gasteiger partial charge in [0.15, 0.2) is 0 Å². The molecule has 0 aromatic heterocycles. The largest absolute Gasteiger partial charge is 0.392 e. The van der Waals surface area contributed by atoms with E-state index in [-0.39, 0.29) is 12.2 Å². The van der Waals surface area contributed by atoms with Gasteiger partial charge in [0, 0.05) is 52.4 Å². The summed E-state index contributed by atoms with van der Waals surface area (Å²) in [5.74, 6) is 0. The summed E-state index contributed by atoms with van der Waals surface area (Å²) >= 11 is 0. The molecule has 0 aromatic rings. The molecule has 0 aromatic carbocycles. The molecule has 6 nitrogen and oxygen atoms in total. The van der Waals surface area contributed by atoms with Gasteiger partial charge in [0.2, 0.25) is 0 Å².